The van der Waals surface area contributed by atoms with E-state index in [9.17, 15) is 22.8 Å². The van der Waals surface area contributed by atoms with Gasteiger partial charge in [-0.15, -0.1) is 0 Å². The van der Waals surface area contributed by atoms with E-state index in [0.717, 1.165) is 0 Å². The number of urea groups is 1. The van der Waals surface area contributed by atoms with Crippen molar-refractivity contribution < 1.29 is 27.9 Å². The van der Waals surface area contributed by atoms with Crippen LogP contribution in [0.4, 0.5) is 18.0 Å². The highest BCUT2D eigenvalue weighted by atomic mass is 19.4. The van der Waals surface area contributed by atoms with E-state index in [1.54, 1.807) is 13.8 Å². The molecule has 0 saturated heterocycles. The zero-order valence-electron chi connectivity index (χ0n) is 10.9. The number of hydrogen-bond donors (Lipinski definition) is 3. The Morgan fingerprint density at radius 1 is 1.21 bits per heavy atom. The summed E-state index contributed by atoms with van der Waals surface area (Å²) in [5.41, 5.74) is 0. The zero-order valence-corrected chi connectivity index (χ0v) is 10.9. The number of carboxylic acid groups (broad SMARTS) is 1. The highest BCUT2D eigenvalue weighted by Crippen LogP contribution is 2.21. The van der Waals surface area contributed by atoms with Crippen molar-refractivity contribution in [2.75, 3.05) is 6.54 Å². The second-order valence-corrected chi connectivity index (χ2v) is 4.53. The molecule has 0 bridgehead atoms. The second kappa shape index (κ2) is 7.85. The maximum atomic E-state index is 11.8. The number of amides is 2. The highest BCUT2D eigenvalue weighted by molar-refractivity contribution is 5.82. The molecule has 5 nitrogen and oxygen atoms in total. The van der Waals surface area contributed by atoms with Crippen LogP contribution in [0.2, 0.25) is 0 Å². The van der Waals surface area contributed by atoms with E-state index < -0.39 is 30.6 Å². The molecule has 0 spiro atoms. The van der Waals surface area contributed by atoms with Gasteiger partial charge < -0.3 is 15.7 Å². The Morgan fingerprint density at radius 2 is 1.79 bits per heavy atom. The molecule has 0 radical (unpaired) electrons. The van der Waals surface area contributed by atoms with Crippen LogP contribution in [0, 0.1) is 5.92 Å². The minimum absolute atomic E-state index is 0.0731. The summed E-state index contributed by atoms with van der Waals surface area (Å²) in [6, 6.07) is -1.71. The summed E-state index contributed by atoms with van der Waals surface area (Å²) >= 11 is 0. The average molecular weight is 284 g/mol. The lowest BCUT2D eigenvalue weighted by molar-refractivity contribution is -0.140. The topological polar surface area (TPSA) is 78.4 Å². The number of carbonyl (C=O) groups is 2. The van der Waals surface area contributed by atoms with Crippen LogP contribution in [0.5, 0.6) is 0 Å². The van der Waals surface area contributed by atoms with Crippen LogP contribution in [0.15, 0.2) is 0 Å². The third kappa shape index (κ3) is 9.15. The molecule has 3 N–H and O–H groups in total. The van der Waals surface area contributed by atoms with E-state index in [1.807, 2.05) is 0 Å². The van der Waals surface area contributed by atoms with Gasteiger partial charge in [0.05, 0.1) is 0 Å². The summed E-state index contributed by atoms with van der Waals surface area (Å²) in [4.78, 5) is 22.1. The molecule has 0 fully saturated rings. The van der Waals surface area contributed by atoms with Gasteiger partial charge in [-0.25, -0.2) is 9.59 Å². The van der Waals surface area contributed by atoms with Crippen LogP contribution >= 0.6 is 0 Å². The number of rotatable bonds is 7. The molecule has 19 heavy (non-hydrogen) atoms. The Morgan fingerprint density at radius 3 is 2.21 bits per heavy atom. The van der Waals surface area contributed by atoms with Gasteiger partial charge in [0.15, 0.2) is 0 Å². The Kier molecular flexibility index (Phi) is 7.25. The van der Waals surface area contributed by atoms with E-state index in [0.29, 0.717) is 0 Å². The minimum atomic E-state index is -4.19. The molecule has 0 unspecified atom stereocenters. The molecule has 112 valence electrons. The smallest absolute Gasteiger partial charge is 0.389 e. The van der Waals surface area contributed by atoms with Gasteiger partial charge >= 0.3 is 18.2 Å². The van der Waals surface area contributed by atoms with Crippen LogP contribution in [0.3, 0.4) is 0 Å². The van der Waals surface area contributed by atoms with Gasteiger partial charge in [0.1, 0.15) is 6.04 Å². The third-order valence-corrected chi connectivity index (χ3v) is 2.39. The van der Waals surface area contributed by atoms with E-state index >= 15 is 0 Å². The summed E-state index contributed by atoms with van der Waals surface area (Å²) in [6.45, 7) is 3.36. The molecule has 8 heteroatoms. The van der Waals surface area contributed by atoms with Gasteiger partial charge in [-0.1, -0.05) is 13.8 Å². The number of unbranched alkanes of at least 4 members (excludes halogenated alkanes) is 1. The summed E-state index contributed by atoms with van der Waals surface area (Å²) in [5, 5.41) is 13.4. The van der Waals surface area contributed by atoms with Crippen molar-refractivity contribution in [2.24, 2.45) is 5.92 Å². The van der Waals surface area contributed by atoms with E-state index in [4.69, 9.17) is 5.11 Å². The first-order chi connectivity index (χ1) is 8.63. The molecule has 0 aliphatic carbocycles. The lowest BCUT2D eigenvalue weighted by atomic mass is 10.1. The van der Waals surface area contributed by atoms with Crippen LogP contribution in [-0.4, -0.2) is 35.9 Å². The Labute approximate surface area is 109 Å². The van der Waals surface area contributed by atoms with Gasteiger partial charge in [0, 0.05) is 13.0 Å². The number of halogens is 3. The summed E-state index contributed by atoms with van der Waals surface area (Å²) in [6.07, 6.45) is -4.96. The van der Waals surface area contributed by atoms with Gasteiger partial charge in [-0.05, 0) is 18.8 Å². The summed E-state index contributed by atoms with van der Waals surface area (Å²) in [7, 11) is 0. The van der Waals surface area contributed by atoms with Crippen LogP contribution < -0.4 is 10.6 Å². The fourth-order valence-electron chi connectivity index (χ4n) is 1.36. The standard InChI is InChI=1S/C11H19F3N2O3/c1-7(2)8(9(17)18)16-10(19)15-6-4-3-5-11(12,13)14/h7-8H,3-6H2,1-2H3,(H,17,18)(H2,15,16,19)/t8-/m0/s1. The molecule has 2 amide bonds. The van der Waals surface area contributed by atoms with Crippen LogP contribution in [0.1, 0.15) is 33.1 Å². The first kappa shape index (κ1) is 17.5. The molecule has 0 aromatic carbocycles. The van der Waals surface area contributed by atoms with Gasteiger partial charge in [0.2, 0.25) is 0 Å². The fraction of sp³-hybridized carbons (Fsp3) is 0.818. The molecular formula is C11H19F3N2O3. The van der Waals surface area contributed by atoms with Gasteiger partial charge in [-0.3, -0.25) is 0 Å². The number of nitrogens with one attached hydrogen (secondary N) is 2. The lowest BCUT2D eigenvalue weighted by Crippen LogP contribution is -2.48. The molecule has 0 saturated carbocycles. The highest BCUT2D eigenvalue weighted by Gasteiger charge is 2.26. The maximum Gasteiger partial charge on any atom is 0.389 e. The first-order valence-corrected chi connectivity index (χ1v) is 5.97. The molecule has 1 atom stereocenters. The zero-order chi connectivity index (χ0) is 15.1. The molecular weight excluding hydrogens is 265 g/mol. The van der Waals surface area contributed by atoms with Crippen molar-refractivity contribution in [2.45, 2.75) is 45.3 Å². The molecule has 0 aliphatic rings. The SMILES string of the molecule is CC(C)[C@H](NC(=O)NCCCCC(F)(F)F)C(=O)O. The van der Waals surface area contributed by atoms with E-state index in [2.05, 4.69) is 10.6 Å². The van der Waals surface area contributed by atoms with Crippen LogP contribution in [0.25, 0.3) is 0 Å². The normalized spacial score (nSPS) is 13.2. The van der Waals surface area contributed by atoms with Crippen molar-refractivity contribution in [1.29, 1.82) is 0 Å². The maximum absolute atomic E-state index is 11.8. The Bertz CT molecular complexity index is 306. The molecule has 0 aromatic rings. The monoisotopic (exact) mass is 284 g/mol. The van der Waals surface area contributed by atoms with Crippen LogP contribution in [-0.2, 0) is 4.79 Å². The lowest BCUT2D eigenvalue weighted by Gasteiger charge is -2.18. The van der Waals surface area contributed by atoms with Crippen molar-refractivity contribution in [3.63, 3.8) is 0 Å². The average Bonchev–Trinajstić information content (AvgIpc) is 2.22. The van der Waals surface area contributed by atoms with E-state index in [1.165, 1.54) is 0 Å². The molecule has 0 aromatic heterocycles. The summed E-state index contributed by atoms with van der Waals surface area (Å²) < 4.78 is 35.5. The first-order valence-electron chi connectivity index (χ1n) is 5.97. The van der Waals surface area contributed by atoms with Crippen molar-refractivity contribution >= 4 is 12.0 Å². The van der Waals surface area contributed by atoms with Crippen molar-refractivity contribution in [3.05, 3.63) is 0 Å². The third-order valence-electron chi connectivity index (χ3n) is 2.39. The molecule has 0 aliphatic heterocycles. The minimum Gasteiger partial charge on any atom is -0.480 e. The quantitative estimate of drug-likeness (QED) is 0.627. The largest absolute Gasteiger partial charge is 0.480 e. The van der Waals surface area contributed by atoms with Gasteiger partial charge in [0.25, 0.3) is 0 Å². The van der Waals surface area contributed by atoms with Crippen molar-refractivity contribution in [3.8, 4) is 0 Å². The predicted octanol–water partition coefficient (Wildman–Crippen LogP) is 2.13. The summed E-state index contributed by atoms with van der Waals surface area (Å²) in [5.74, 6) is -1.43. The second-order valence-electron chi connectivity index (χ2n) is 4.53. The molecule has 0 rings (SSSR count). The Balaban J connectivity index is 3.84. The predicted molar refractivity (Wildman–Crippen MR) is 62.7 cm³/mol. The van der Waals surface area contributed by atoms with Gasteiger partial charge in [-0.2, -0.15) is 13.2 Å². The number of alkyl halides is 3. The van der Waals surface area contributed by atoms with E-state index in [-0.39, 0.29) is 25.3 Å². The molecule has 0 heterocycles. The number of carboxylic acids is 1. The number of aliphatic carboxylic acids is 1. The van der Waals surface area contributed by atoms with Crippen molar-refractivity contribution in [1.82, 2.24) is 10.6 Å². The number of carbonyl (C=O) groups excluding carboxylic acids is 1. The Hall–Kier alpha value is -1.47. The number of hydrogen-bond acceptors (Lipinski definition) is 2. The fourth-order valence-corrected chi connectivity index (χ4v) is 1.36.